The summed E-state index contributed by atoms with van der Waals surface area (Å²) in [6.45, 7) is 2.85. The van der Waals surface area contributed by atoms with Gasteiger partial charge in [0, 0.05) is 13.0 Å². The number of anilines is 1. The highest BCUT2D eigenvalue weighted by Crippen LogP contribution is 2.25. The van der Waals surface area contributed by atoms with Crippen LogP contribution in [-0.4, -0.2) is 25.0 Å². The maximum atomic E-state index is 12.1. The summed E-state index contributed by atoms with van der Waals surface area (Å²) < 4.78 is 5.46. The highest BCUT2D eigenvalue weighted by atomic mass is 16.5. The van der Waals surface area contributed by atoms with E-state index in [9.17, 15) is 9.59 Å². The van der Waals surface area contributed by atoms with Gasteiger partial charge in [0.1, 0.15) is 5.75 Å². The average Bonchev–Trinajstić information content (AvgIpc) is 2.42. The molecule has 0 aromatic heterocycles. The fourth-order valence-electron chi connectivity index (χ4n) is 2.04. The third kappa shape index (κ3) is 3.47. The Balaban J connectivity index is 2.00. The minimum Gasteiger partial charge on any atom is -0.492 e. The minimum absolute atomic E-state index is 0.0127. The lowest BCUT2D eigenvalue weighted by atomic mass is 9.98. The third-order valence-corrected chi connectivity index (χ3v) is 3.08. The zero-order valence-electron chi connectivity index (χ0n) is 10.9. The molecule has 0 aliphatic carbocycles. The van der Waals surface area contributed by atoms with Crippen molar-refractivity contribution in [3.8, 4) is 5.75 Å². The van der Waals surface area contributed by atoms with E-state index in [1.54, 1.807) is 0 Å². The number of rotatable bonds is 4. The summed E-state index contributed by atoms with van der Waals surface area (Å²) in [5.74, 6) is 0.427. The van der Waals surface area contributed by atoms with E-state index in [1.165, 1.54) is 0 Å². The summed E-state index contributed by atoms with van der Waals surface area (Å²) in [4.78, 5) is 23.2. The SMILES string of the molecule is CCOc1ccccc1NC(=O)C1CCC(=O)NC1. The van der Waals surface area contributed by atoms with E-state index in [-0.39, 0.29) is 17.7 Å². The van der Waals surface area contributed by atoms with Crippen molar-refractivity contribution < 1.29 is 14.3 Å². The Bertz CT molecular complexity index is 464. The number of hydrogen-bond acceptors (Lipinski definition) is 3. The van der Waals surface area contributed by atoms with Crippen LogP contribution >= 0.6 is 0 Å². The number of amides is 2. The highest BCUT2D eigenvalue weighted by molar-refractivity contribution is 5.95. The quantitative estimate of drug-likeness (QED) is 0.865. The number of carbonyl (C=O) groups excluding carboxylic acids is 2. The monoisotopic (exact) mass is 262 g/mol. The van der Waals surface area contributed by atoms with Crippen molar-refractivity contribution >= 4 is 17.5 Å². The summed E-state index contributed by atoms with van der Waals surface area (Å²) >= 11 is 0. The van der Waals surface area contributed by atoms with Crippen LogP contribution in [0.5, 0.6) is 5.75 Å². The molecule has 5 heteroatoms. The van der Waals surface area contributed by atoms with Crippen LogP contribution in [0.15, 0.2) is 24.3 Å². The standard InChI is InChI=1S/C14H18N2O3/c1-2-19-12-6-4-3-5-11(12)16-14(18)10-7-8-13(17)15-9-10/h3-6,10H,2,7-9H2,1H3,(H,15,17)(H,16,18). The van der Waals surface area contributed by atoms with Crippen LogP contribution in [0.2, 0.25) is 0 Å². The van der Waals surface area contributed by atoms with Gasteiger partial charge in [-0.15, -0.1) is 0 Å². The molecule has 19 heavy (non-hydrogen) atoms. The fraction of sp³-hybridized carbons (Fsp3) is 0.429. The normalized spacial score (nSPS) is 18.6. The van der Waals surface area contributed by atoms with Gasteiger partial charge in [0.15, 0.2) is 0 Å². The van der Waals surface area contributed by atoms with Gasteiger partial charge in [-0.25, -0.2) is 0 Å². The van der Waals surface area contributed by atoms with E-state index in [0.29, 0.717) is 37.4 Å². The van der Waals surface area contributed by atoms with Gasteiger partial charge in [-0.2, -0.15) is 0 Å². The molecule has 2 N–H and O–H groups in total. The molecule has 2 rings (SSSR count). The first-order valence-corrected chi connectivity index (χ1v) is 6.50. The molecule has 102 valence electrons. The van der Waals surface area contributed by atoms with Crippen LogP contribution in [0.3, 0.4) is 0 Å². The Morgan fingerprint density at radius 1 is 1.47 bits per heavy atom. The number of piperidine rings is 1. The van der Waals surface area contributed by atoms with Gasteiger partial charge in [0.05, 0.1) is 18.2 Å². The van der Waals surface area contributed by atoms with Crippen molar-refractivity contribution in [2.75, 3.05) is 18.5 Å². The molecule has 5 nitrogen and oxygen atoms in total. The number of ether oxygens (including phenoxy) is 1. The maximum absolute atomic E-state index is 12.1. The molecule has 0 bridgehead atoms. The summed E-state index contributed by atoms with van der Waals surface area (Å²) in [6.07, 6.45) is 1.000. The van der Waals surface area contributed by atoms with Gasteiger partial charge in [0.2, 0.25) is 11.8 Å². The largest absolute Gasteiger partial charge is 0.492 e. The van der Waals surface area contributed by atoms with Crippen LogP contribution in [0.4, 0.5) is 5.69 Å². The molecule has 1 atom stereocenters. The zero-order chi connectivity index (χ0) is 13.7. The molecule has 0 radical (unpaired) electrons. The van der Waals surface area contributed by atoms with E-state index >= 15 is 0 Å². The lowest BCUT2D eigenvalue weighted by Gasteiger charge is -2.22. The number of benzene rings is 1. The molecule has 2 amide bonds. The van der Waals surface area contributed by atoms with Crippen molar-refractivity contribution in [3.63, 3.8) is 0 Å². The lowest BCUT2D eigenvalue weighted by molar-refractivity contribution is -0.126. The summed E-state index contributed by atoms with van der Waals surface area (Å²) in [5.41, 5.74) is 0.672. The second-order valence-electron chi connectivity index (χ2n) is 4.46. The van der Waals surface area contributed by atoms with Crippen LogP contribution < -0.4 is 15.4 Å². The number of hydrogen-bond donors (Lipinski definition) is 2. The Morgan fingerprint density at radius 2 is 2.26 bits per heavy atom. The van der Waals surface area contributed by atoms with E-state index in [2.05, 4.69) is 10.6 Å². The van der Waals surface area contributed by atoms with Crippen molar-refractivity contribution in [2.24, 2.45) is 5.92 Å². The van der Waals surface area contributed by atoms with E-state index < -0.39 is 0 Å². The van der Waals surface area contributed by atoms with E-state index in [4.69, 9.17) is 4.74 Å². The summed E-state index contributed by atoms with van der Waals surface area (Å²) in [6, 6.07) is 7.34. The lowest BCUT2D eigenvalue weighted by Crippen LogP contribution is -2.40. The van der Waals surface area contributed by atoms with E-state index in [0.717, 1.165) is 0 Å². The first kappa shape index (κ1) is 13.4. The van der Waals surface area contributed by atoms with Crippen molar-refractivity contribution in [1.29, 1.82) is 0 Å². The van der Waals surface area contributed by atoms with Crippen LogP contribution in [0, 0.1) is 5.92 Å². The van der Waals surface area contributed by atoms with Crippen LogP contribution in [-0.2, 0) is 9.59 Å². The molecule has 0 spiro atoms. The van der Waals surface area contributed by atoms with Gasteiger partial charge in [-0.1, -0.05) is 12.1 Å². The van der Waals surface area contributed by atoms with Gasteiger partial charge in [-0.05, 0) is 25.5 Å². The first-order chi connectivity index (χ1) is 9.20. The molecular weight excluding hydrogens is 244 g/mol. The maximum Gasteiger partial charge on any atom is 0.229 e. The number of carbonyl (C=O) groups is 2. The Hall–Kier alpha value is -2.04. The van der Waals surface area contributed by atoms with Crippen molar-refractivity contribution in [2.45, 2.75) is 19.8 Å². The zero-order valence-corrected chi connectivity index (χ0v) is 10.9. The first-order valence-electron chi connectivity index (χ1n) is 6.50. The number of para-hydroxylation sites is 2. The average molecular weight is 262 g/mol. The van der Waals surface area contributed by atoms with Gasteiger partial charge in [0.25, 0.3) is 0 Å². The number of nitrogens with one attached hydrogen (secondary N) is 2. The Morgan fingerprint density at radius 3 is 2.95 bits per heavy atom. The fourth-order valence-corrected chi connectivity index (χ4v) is 2.04. The third-order valence-electron chi connectivity index (χ3n) is 3.08. The second-order valence-corrected chi connectivity index (χ2v) is 4.46. The Labute approximate surface area is 112 Å². The smallest absolute Gasteiger partial charge is 0.229 e. The predicted molar refractivity (Wildman–Crippen MR) is 72.0 cm³/mol. The molecule has 1 aliphatic heterocycles. The molecule has 1 aliphatic rings. The van der Waals surface area contributed by atoms with Crippen molar-refractivity contribution in [3.05, 3.63) is 24.3 Å². The topological polar surface area (TPSA) is 67.4 Å². The van der Waals surface area contributed by atoms with Gasteiger partial charge < -0.3 is 15.4 Å². The molecule has 1 fully saturated rings. The molecule has 1 aromatic rings. The molecule has 1 saturated heterocycles. The van der Waals surface area contributed by atoms with E-state index in [1.807, 2.05) is 31.2 Å². The van der Waals surface area contributed by atoms with Crippen LogP contribution in [0.25, 0.3) is 0 Å². The van der Waals surface area contributed by atoms with Gasteiger partial charge >= 0.3 is 0 Å². The molecule has 1 unspecified atom stereocenters. The Kier molecular flexibility index (Phi) is 4.39. The summed E-state index contributed by atoms with van der Waals surface area (Å²) in [7, 11) is 0. The highest BCUT2D eigenvalue weighted by Gasteiger charge is 2.24. The molecule has 1 heterocycles. The van der Waals surface area contributed by atoms with Crippen LogP contribution in [0.1, 0.15) is 19.8 Å². The van der Waals surface area contributed by atoms with Crippen molar-refractivity contribution in [1.82, 2.24) is 5.32 Å². The molecule has 0 saturated carbocycles. The van der Waals surface area contributed by atoms with Gasteiger partial charge in [-0.3, -0.25) is 9.59 Å². The summed E-state index contributed by atoms with van der Waals surface area (Å²) in [5, 5.41) is 5.57. The molecule has 1 aromatic carbocycles. The second kappa shape index (κ2) is 6.22. The predicted octanol–water partition coefficient (Wildman–Crippen LogP) is 1.55. The molecular formula is C14H18N2O3. The minimum atomic E-state index is -0.174.